The van der Waals surface area contributed by atoms with Gasteiger partial charge in [-0.3, -0.25) is 9.59 Å². The molecular weight excluding hydrogens is 218 g/mol. The summed E-state index contributed by atoms with van der Waals surface area (Å²) >= 11 is 0. The molecule has 1 N–H and O–H groups in total. The molecule has 2 unspecified atom stereocenters. The van der Waals surface area contributed by atoms with Crippen LogP contribution in [0.15, 0.2) is 0 Å². The van der Waals surface area contributed by atoms with Crippen molar-refractivity contribution in [1.29, 1.82) is 0 Å². The van der Waals surface area contributed by atoms with E-state index in [1.807, 2.05) is 4.90 Å². The Morgan fingerprint density at radius 2 is 2.12 bits per heavy atom. The molecule has 0 spiro atoms. The molecule has 1 saturated carbocycles. The number of carbonyl (C=O) groups is 2. The van der Waals surface area contributed by atoms with Crippen LogP contribution in [0, 0.1) is 11.3 Å². The fraction of sp³-hybridized carbons (Fsp3) is 0.846. The van der Waals surface area contributed by atoms with Crippen LogP contribution in [0.3, 0.4) is 0 Å². The topological polar surface area (TPSA) is 57.6 Å². The molecule has 2 fully saturated rings. The average molecular weight is 239 g/mol. The van der Waals surface area contributed by atoms with Crippen LogP contribution in [0.2, 0.25) is 0 Å². The molecule has 1 aliphatic carbocycles. The van der Waals surface area contributed by atoms with E-state index in [-0.39, 0.29) is 23.8 Å². The monoisotopic (exact) mass is 239 g/mol. The lowest BCUT2D eigenvalue weighted by Gasteiger charge is -2.44. The first-order valence-corrected chi connectivity index (χ1v) is 6.44. The number of carboxylic acids is 1. The normalized spacial score (nSPS) is 32.8. The molecule has 0 bridgehead atoms. The summed E-state index contributed by atoms with van der Waals surface area (Å²) in [5.74, 6) is -1.31. The van der Waals surface area contributed by atoms with Crippen molar-refractivity contribution in [1.82, 2.24) is 4.90 Å². The van der Waals surface area contributed by atoms with Gasteiger partial charge >= 0.3 is 5.97 Å². The first kappa shape index (κ1) is 12.4. The smallest absolute Gasteiger partial charge is 0.308 e. The van der Waals surface area contributed by atoms with E-state index in [0.29, 0.717) is 6.54 Å². The van der Waals surface area contributed by atoms with Crippen molar-refractivity contribution in [3.05, 3.63) is 0 Å². The molecule has 0 aromatic carbocycles. The standard InChI is InChI=1S/C13H21NO3/c1-13(2)6-4-3-5-10(13)14-8-9(12(16)17)7-11(14)15/h9-10H,3-8H2,1-2H3,(H,16,17). The Kier molecular flexibility index (Phi) is 3.15. The third-order valence-corrected chi connectivity index (χ3v) is 4.33. The first-order valence-electron chi connectivity index (χ1n) is 6.44. The second-order valence-corrected chi connectivity index (χ2v) is 6.04. The van der Waals surface area contributed by atoms with Gasteiger partial charge in [-0.05, 0) is 18.3 Å². The fourth-order valence-corrected chi connectivity index (χ4v) is 3.25. The van der Waals surface area contributed by atoms with Gasteiger partial charge in [0.1, 0.15) is 0 Å². The lowest BCUT2D eigenvalue weighted by atomic mass is 9.72. The van der Waals surface area contributed by atoms with Crippen LogP contribution in [0.4, 0.5) is 0 Å². The summed E-state index contributed by atoms with van der Waals surface area (Å²) < 4.78 is 0. The highest BCUT2D eigenvalue weighted by atomic mass is 16.4. The zero-order chi connectivity index (χ0) is 12.6. The number of aliphatic carboxylic acids is 1. The van der Waals surface area contributed by atoms with Crippen LogP contribution in [-0.4, -0.2) is 34.5 Å². The minimum absolute atomic E-state index is 0.0253. The molecule has 17 heavy (non-hydrogen) atoms. The number of rotatable bonds is 2. The molecule has 0 radical (unpaired) electrons. The number of nitrogens with zero attached hydrogens (tertiary/aromatic N) is 1. The molecule has 4 heteroatoms. The van der Waals surface area contributed by atoms with Crippen molar-refractivity contribution < 1.29 is 14.7 Å². The van der Waals surface area contributed by atoms with Crippen LogP contribution in [0.25, 0.3) is 0 Å². The van der Waals surface area contributed by atoms with E-state index in [9.17, 15) is 9.59 Å². The summed E-state index contributed by atoms with van der Waals surface area (Å²) in [5, 5.41) is 9.00. The van der Waals surface area contributed by atoms with Crippen molar-refractivity contribution in [2.45, 2.75) is 52.0 Å². The molecule has 1 heterocycles. The summed E-state index contributed by atoms with van der Waals surface area (Å²) in [6, 6.07) is 0.230. The summed E-state index contributed by atoms with van der Waals surface area (Å²) in [5.41, 5.74) is 0.126. The Morgan fingerprint density at radius 1 is 1.41 bits per heavy atom. The van der Waals surface area contributed by atoms with Crippen molar-refractivity contribution >= 4 is 11.9 Å². The Hall–Kier alpha value is -1.06. The molecular formula is C13H21NO3. The van der Waals surface area contributed by atoms with Crippen molar-refractivity contribution in [2.75, 3.05) is 6.54 Å². The lowest BCUT2D eigenvalue weighted by Crippen LogP contribution is -2.48. The van der Waals surface area contributed by atoms with Crippen molar-refractivity contribution in [3.63, 3.8) is 0 Å². The summed E-state index contributed by atoms with van der Waals surface area (Å²) in [7, 11) is 0. The van der Waals surface area contributed by atoms with Crippen LogP contribution in [-0.2, 0) is 9.59 Å². The van der Waals surface area contributed by atoms with Gasteiger partial charge in [-0.1, -0.05) is 26.7 Å². The quantitative estimate of drug-likeness (QED) is 0.800. The number of hydrogen-bond acceptors (Lipinski definition) is 2. The molecule has 1 aliphatic heterocycles. The predicted molar refractivity (Wildman–Crippen MR) is 63.5 cm³/mol. The molecule has 0 aromatic rings. The van der Waals surface area contributed by atoms with E-state index in [1.165, 1.54) is 6.42 Å². The van der Waals surface area contributed by atoms with Gasteiger partial charge in [-0.15, -0.1) is 0 Å². The third-order valence-electron chi connectivity index (χ3n) is 4.33. The van der Waals surface area contributed by atoms with E-state index < -0.39 is 11.9 Å². The number of carbonyl (C=O) groups excluding carboxylic acids is 1. The van der Waals surface area contributed by atoms with Crippen molar-refractivity contribution in [3.8, 4) is 0 Å². The maximum atomic E-state index is 11.9. The fourth-order valence-electron chi connectivity index (χ4n) is 3.25. The molecule has 1 saturated heterocycles. The van der Waals surface area contributed by atoms with Gasteiger partial charge in [0.2, 0.25) is 5.91 Å². The van der Waals surface area contributed by atoms with Crippen LogP contribution >= 0.6 is 0 Å². The highest BCUT2D eigenvalue weighted by molar-refractivity contribution is 5.86. The number of amides is 1. The number of carboxylic acid groups (broad SMARTS) is 1. The van der Waals surface area contributed by atoms with Gasteiger partial charge in [0, 0.05) is 19.0 Å². The van der Waals surface area contributed by atoms with E-state index >= 15 is 0 Å². The summed E-state index contributed by atoms with van der Waals surface area (Å²) in [6.45, 7) is 4.79. The minimum Gasteiger partial charge on any atom is -0.481 e. The zero-order valence-corrected chi connectivity index (χ0v) is 10.6. The summed E-state index contributed by atoms with van der Waals surface area (Å²) in [4.78, 5) is 24.7. The van der Waals surface area contributed by atoms with Gasteiger partial charge in [0.25, 0.3) is 0 Å². The maximum absolute atomic E-state index is 11.9. The van der Waals surface area contributed by atoms with Crippen LogP contribution in [0.1, 0.15) is 46.0 Å². The molecule has 96 valence electrons. The van der Waals surface area contributed by atoms with Crippen LogP contribution in [0.5, 0.6) is 0 Å². The highest BCUT2D eigenvalue weighted by Crippen LogP contribution is 2.40. The Labute approximate surface area is 102 Å². The Morgan fingerprint density at radius 3 is 2.65 bits per heavy atom. The molecule has 2 atom stereocenters. The molecule has 4 nitrogen and oxygen atoms in total. The first-order chi connectivity index (χ1) is 7.92. The lowest BCUT2D eigenvalue weighted by molar-refractivity contribution is -0.141. The molecule has 2 aliphatic rings. The average Bonchev–Trinajstić information content (AvgIpc) is 2.60. The van der Waals surface area contributed by atoms with Gasteiger partial charge in [0.15, 0.2) is 0 Å². The van der Waals surface area contributed by atoms with Gasteiger partial charge in [-0.25, -0.2) is 0 Å². The number of hydrogen-bond donors (Lipinski definition) is 1. The SMILES string of the molecule is CC1(C)CCCCC1N1CC(C(=O)O)CC1=O. The largest absolute Gasteiger partial charge is 0.481 e. The third kappa shape index (κ3) is 2.31. The molecule has 1 amide bonds. The van der Waals surface area contributed by atoms with E-state index in [2.05, 4.69) is 13.8 Å². The summed E-state index contributed by atoms with van der Waals surface area (Å²) in [6.07, 6.45) is 4.69. The predicted octanol–water partition coefficient (Wildman–Crippen LogP) is 1.89. The minimum atomic E-state index is -0.838. The number of likely N-dealkylation sites (tertiary alicyclic amines) is 1. The van der Waals surface area contributed by atoms with Gasteiger partial charge in [-0.2, -0.15) is 0 Å². The maximum Gasteiger partial charge on any atom is 0.308 e. The van der Waals surface area contributed by atoms with Crippen LogP contribution < -0.4 is 0 Å². The molecule has 0 aromatic heterocycles. The van der Waals surface area contributed by atoms with E-state index in [4.69, 9.17) is 5.11 Å². The highest BCUT2D eigenvalue weighted by Gasteiger charge is 2.44. The second-order valence-electron chi connectivity index (χ2n) is 6.04. The van der Waals surface area contributed by atoms with Gasteiger partial charge < -0.3 is 10.0 Å². The van der Waals surface area contributed by atoms with Crippen molar-refractivity contribution in [2.24, 2.45) is 11.3 Å². The van der Waals surface area contributed by atoms with E-state index in [0.717, 1.165) is 19.3 Å². The van der Waals surface area contributed by atoms with E-state index in [1.54, 1.807) is 0 Å². The Balaban J connectivity index is 2.12. The Bertz CT molecular complexity index is 338. The van der Waals surface area contributed by atoms with Gasteiger partial charge in [0.05, 0.1) is 5.92 Å². The molecule has 2 rings (SSSR count). The zero-order valence-electron chi connectivity index (χ0n) is 10.6. The second kappa shape index (κ2) is 4.31.